The van der Waals surface area contributed by atoms with Crippen LogP contribution in [0.3, 0.4) is 0 Å². The maximum absolute atomic E-state index is 12.4. The van der Waals surface area contributed by atoms with E-state index in [1.54, 1.807) is 0 Å². The number of nitrogens with one attached hydrogen (secondary N) is 1. The summed E-state index contributed by atoms with van der Waals surface area (Å²) in [5, 5.41) is 33.3. The van der Waals surface area contributed by atoms with Crippen LogP contribution in [-0.4, -0.2) is 58.3 Å². The molecule has 0 aromatic rings. The van der Waals surface area contributed by atoms with Gasteiger partial charge in [-0.05, 0) is 51.4 Å². The maximum Gasteiger partial charge on any atom is 0.220 e. The standard InChI is InChI=1S/C38H69NO5/c1-3-5-7-9-11-13-14-15-17-18-20-24-28-34(41)38(43)33(32-40)39-37(42)31-27-23-22-26-30-36-35(44-36)29-25-21-19-16-12-10-8-6-4-2/h12,16,21-22,25-26,33-36,38,40-41,43H,3-11,13-15,17-20,23-24,27-32H2,1-2H3,(H,39,42)/b16-12-,25-21-,26-22-/t33-,34?,35?,36?,38?/m0/s1. The van der Waals surface area contributed by atoms with Gasteiger partial charge in [0.1, 0.15) is 6.10 Å². The Morgan fingerprint density at radius 1 is 0.682 bits per heavy atom. The lowest BCUT2D eigenvalue weighted by atomic mass is 9.99. The fourth-order valence-electron chi connectivity index (χ4n) is 5.61. The minimum Gasteiger partial charge on any atom is -0.394 e. The fourth-order valence-corrected chi connectivity index (χ4v) is 5.61. The van der Waals surface area contributed by atoms with Crippen molar-refractivity contribution in [2.45, 2.75) is 192 Å². The molecule has 4 N–H and O–H groups in total. The van der Waals surface area contributed by atoms with E-state index in [0.29, 0.717) is 31.5 Å². The van der Waals surface area contributed by atoms with Gasteiger partial charge in [-0.2, -0.15) is 0 Å². The summed E-state index contributed by atoms with van der Waals surface area (Å²) in [4.78, 5) is 12.4. The predicted octanol–water partition coefficient (Wildman–Crippen LogP) is 8.63. The molecule has 1 amide bonds. The molecular weight excluding hydrogens is 550 g/mol. The van der Waals surface area contributed by atoms with Gasteiger partial charge in [-0.3, -0.25) is 4.79 Å². The monoisotopic (exact) mass is 620 g/mol. The van der Waals surface area contributed by atoms with Crippen LogP contribution in [0.25, 0.3) is 0 Å². The zero-order chi connectivity index (χ0) is 32.1. The summed E-state index contributed by atoms with van der Waals surface area (Å²) in [5.74, 6) is -0.206. The topological polar surface area (TPSA) is 102 Å². The first-order chi connectivity index (χ1) is 21.5. The minimum absolute atomic E-state index is 0.206. The quantitative estimate of drug-likeness (QED) is 0.0353. The summed E-state index contributed by atoms with van der Waals surface area (Å²) >= 11 is 0. The number of carbonyl (C=O) groups is 1. The SMILES string of the molecule is CCCCC/C=C\C/C=C\CC1OC1C/C=C\CCCC(=O)N[C@@H](CO)C(O)C(O)CCCCCCCCCCCCCC. The molecule has 256 valence electrons. The van der Waals surface area contributed by atoms with E-state index in [1.807, 2.05) is 0 Å². The molecule has 1 rings (SSSR count). The highest BCUT2D eigenvalue weighted by Crippen LogP contribution is 2.29. The molecule has 1 saturated heterocycles. The first-order valence-electron chi connectivity index (χ1n) is 18.4. The number of allylic oxidation sites excluding steroid dienone is 4. The average Bonchev–Trinajstić information content (AvgIpc) is 3.78. The van der Waals surface area contributed by atoms with Gasteiger partial charge in [0.25, 0.3) is 0 Å². The molecule has 0 spiro atoms. The summed E-state index contributed by atoms with van der Waals surface area (Å²) in [6, 6.07) is -0.842. The molecule has 0 bridgehead atoms. The number of aliphatic hydroxyl groups excluding tert-OH is 3. The molecule has 6 heteroatoms. The van der Waals surface area contributed by atoms with E-state index in [9.17, 15) is 20.1 Å². The van der Waals surface area contributed by atoms with E-state index in [0.717, 1.165) is 44.9 Å². The van der Waals surface area contributed by atoms with Crippen LogP contribution in [0.15, 0.2) is 36.5 Å². The molecule has 0 radical (unpaired) electrons. The molecule has 6 nitrogen and oxygen atoms in total. The number of ether oxygens (including phenoxy) is 1. The molecule has 0 aliphatic carbocycles. The van der Waals surface area contributed by atoms with Gasteiger partial charge in [0, 0.05) is 6.42 Å². The van der Waals surface area contributed by atoms with Crippen molar-refractivity contribution in [2.24, 2.45) is 0 Å². The Morgan fingerprint density at radius 2 is 1.18 bits per heavy atom. The fraction of sp³-hybridized carbons (Fsp3) is 0.816. The Labute approximate surface area is 270 Å². The second-order valence-corrected chi connectivity index (χ2v) is 12.8. The molecule has 1 fully saturated rings. The normalized spacial score (nSPS) is 18.8. The first kappa shape index (κ1) is 40.6. The third-order valence-corrected chi connectivity index (χ3v) is 8.65. The van der Waals surface area contributed by atoms with E-state index in [2.05, 4.69) is 55.6 Å². The first-order valence-corrected chi connectivity index (χ1v) is 18.4. The van der Waals surface area contributed by atoms with Crippen LogP contribution in [0.1, 0.15) is 162 Å². The molecule has 44 heavy (non-hydrogen) atoms. The van der Waals surface area contributed by atoms with Gasteiger partial charge in [0.05, 0.1) is 31.0 Å². The lowest BCUT2D eigenvalue weighted by Crippen LogP contribution is -2.50. The molecule has 0 aromatic carbocycles. The van der Waals surface area contributed by atoms with Gasteiger partial charge in [0.2, 0.25) is 5.91 Å². The van der Waals surface area contributed by atoms with Crippen LogP contribution in [0, 0.1) is 0 Å². The average molecular weight is 620 g/mol. The smallest absolute Gasteiger partial charge is 0.220 e. The molecule has 5 atom stereocenters. The van der Waals surface area contributed by atoms with Crippen LogP contribution in [0.2, 0.25) is 0 Å². The molecule has 1 heterocycles. The van der Waals surface area contributed by atoms with Gasteiger partial charge in [-0.15, -0.1) is 0 Å². The highest BCUT2D eigenvalue weighted by molar-refractivity contribution is 5.76. The van der Waals surface area contributed by atoms with Gasteiger partial charge < -0.3 is 25.4 Å². The molecule has 0 saturated carbocycles. The van der Waals surface area contributed by atoms with Gasteiger partial charge >= 0.3 is 0 Å². The maximum atomic E-state index is 12.4. The molecule has 0 aromatic heterocycles. The zero-order valence-electron chi connectivity index (χ0n) is 28.5. The van der Waals surface area contributed by atoms with Crippen LogP contribution >= 0.6 is 0 Å². The van der Waals surface area contributed by atoms with Crippen LogP contribution in [-0.2, 0) is 9.53 Å². The van der Waals surface area contributed by atoms with Crippen molar-refractivity contribution in [3.05, 3.63) is 36.5 Å². The number of hydrogen-bond donors (Lipinski definition) is 4. The van der Waals surface area contributed by atoms with Gasteiger partial charge in [-0.25, -0.2) is 0 Å². The highest BCUT2D eigenvalue weighted by Gasteiger charge is 2.36. The lowest BCUT2D eigenvalue weighted by Gasteiger charge is -2.26. The van der Waals surface area contributed by atoms with Crippen LogP contribution in [0.4, 0.5) is 0 Å². The van der Waals surface area contributed by atoms with Crippen molar-refractivity contribution < 1.29 is 24.9 Å². The summed E-state index contributed by atoms with van der Waals surface area (Å²) in [6.07, 6.45) is 36.9. The summed E-state index contributed by atoms with van der Waals surface area (Å²) in [7, 11) is 0. The Hall–Kier alpha value is -1.47. The van der Waals surface area contributed by atoms with E-state index in [1.165, 1.54) is 83.5 Å². The predicted molar refractivity (Wildman–Crippen MR) is 185 cm³/mol. The van der Waals surface area contributed by atoms with E-state index < -0.39 is 24.9 Å². The molecule has 1 aliphatic rings. The zero-order valence-corrected chi connectivity index (χ0v) is 28.5. The lowest BCUT2D eigenvalue weighted by molar-refractivity contribution is -0.124. The molecule has 1 aliphatic heterocycles. The van der Waals surface area contributed by atoms with Crippen LogP contribution < -0.4 is 5.32 Å². The van der Waals surface area contributed by atoms with E-state index in [4.69, 9.17) is 4.74 Å². The van der Waals surface area contributed by atoms with Crippen molar-refractivity contribution in [2.75, 3.05) is 6.61 Å². The van der Waals surface area contributed by atoms with E-state index >= 15 is 0 Å². The van der Waals surface area contributed by atoms with Crippen molar-refractivity contribution >= 4 is 5.91 Å². The number of hydrogen-bond acceptors (Lipinski definition) is 5. The van der Waals surface area contributed by atoms with Crippen LogP contribution in [0.5, 0.6) is 0 Å². The number of amides is 1. The van der Waals surface area contributed by atoms with E-state index in [-0.39, 0.29) is 5.91 Å². The molecule has 4 unspecified atom stereocenters. The summed E-state index contributed by atoms with van der Waals surface area (Å²) in [6.45, 7) is 4.09. The third-order valence-electron chi connectivity index (χ3n) is 8.65. The summed E-state index contributed by atoms with van der Waals surface area (Å²) in [5.41, 5.74) is 0. The third kappa shape index (κ3) is 23.0. The summed E-state index contributed by atoms with van der Waals surface area (Å²) < 4.78 is 5.75. The number of aliphatic hydroxyl groups is 3. The van der Waals surface area contributed by atoms with Crippen molar-refractivity contribution in [3.8, 4) is 0 Å². The highest BCUT2D eigenvalue weighted by atomic mass is 16.6. The minimum atomic E-state index is -1.16. The van der Waals surface area contributed by atoms with Gasteiger partial charge in [0.15, 0.2) is 0 Å². The number of epoxide rings is 1. The second kappa shape index (κ2) is 29.0. The Morgan fingerprint density at radius 3 is 1.80 bits per heavy atom. The Bertz CT molecular complexity index is 752. The number of unbranched alkanes of at least 4 members (excludes halogenated alkanes) is 15. The van der Waals surface area contributed by atoms with Gasteiger partial charge in [-0.1, -0.05) is 140 Å². The number of carbonyl (C=O) groups excluding carboxylic acids is 1. The van der Waals surface area contributed by atoms with Crippen molar-refractivity contribution in [1.82, 2.24) is 5.32 Å². The molecular formula is C38H69NO5. The Kier molecular flexibility index (Phi) is 26.7. The largest absolute Gasteiger partial charge is 0.394 e. The second-order valence-electron chi connectivity index (χ2n) is 12.8. The van der Waals surface area contributed by atoms with Crippen molar-refractivity contribution in [1.29, 1.82) is 0 Å². The Balaban J connectivity index is 2.04. The van der Waals surface area contributed by atoms with Crippen molar-refractivity contribution in [3.63, 3.8) is 0 Å². The number of rotatable bonds is 31.